The van der Waals surface area contributed by atoms with Gasteiger partial charge < -0.3 is 10.1 Å². The number of carbonyl (C=O) groups is 2. The van der Waals surface area contributed by atoms with Crippen LogP contribution in [-0.4, -0.2) is 18.5 Å². The van der Waals surface area contributed by atoms with Gasteiger partial charge in [0.1, 0.15) is 11.4 Å². The molecule has 0 atom stereocenters. The molecule has 1 N–H and O–H groups in total. The number of hydrogen-bond acceptors (Lipinski definition) is 3. The number of para-hydroxylation sites is 1. The Kier molecular flexibility index (Phi) is 5.84. The van der Waals surface area contributed by atoms with Gasteiger partial charge in [-0.15, -0.1) is 0 Å². The number of halogens is 2. The Bertz CT molecular complexity index is 956. The van der Waals surface area contributed by atoms with E-state index in [9.17, 15) is 14.0 Å². The fourth-order valence-corrected chi connectivity index (χ4v) is 2.78. The summed E-state index contributed by atoms with van der Waals surface area (Å²) in [4.78, 5) is 24.2. The molecule has 3 rings (SSSR count). The van der Waals surface area contributed by atoms with Gasteiger partial charge in [0.15, 0.2) is 6.61 Å². The van der Waals surface area contributed by atoms with Crippen molar-refractivity contribution in [1.29, 1.82) is 0 Å². The molecule has 0 saturated carbocycles. The van der Waals surface area contributed by atoms with E-state index >= 15 is 0 Å². The second-order valence-corrected chi connectivity index (χ2v) is 6.04. The summed E-state index contributed by atoms with van der Waals surface area (Å²) in [5.74, 6) is -2.34. The molecule has 0 spiro atoms. The van der Waals surface area contributed by atoms with Gasteiger partial charge in [0.2, 0.25) is 0 Å². The van der Waals surface area contributed by atoms with Crippen LogP contribution in [0.15, 0.2) is 72.8 Å². The molecule has 0 fully saturated rings. The summed E-state index contributed by atoms with van der Waals surface area (Å²) >= 11 is 5.82. The predicted molar refractivity (Wildman–Crippen MR) is 102 cm³/mol. The van der Waals surface area contributed by atoms with Gasteiger partial charge in [0, 0.05) is 11.3 Å². The van der Waals surface area contributed by atoms with Crippen LogP contribution < -0.4 is 5.32 Å². The number of esters is 1. The van der Waals surface area contributed by atoms with Crippen molar-refractivity contribution in [2.24, 2.45) is 0 Å². The van der Waals surface area contributed by atoms with Crippen LogP contribution in [0.2, 0.25) is 5.02 Å². The Morgan fingerprint density at radius 1 is 0.926 bits per heavy atom. The van der Waals surface area contributed by atoms with Crippen LogP contribution in [0.5, 0.6) is 0 Å². The molecule has 4 nitrogen and oxygen atoms in total. The van der Waals surface area contributed by atoms with Crippen molar-refractivity contribution in [2.75, 3.05) is 11.9 Å². The average Bonchev–Trinajstić information content (AvgIpc) is 2.67. The highest BCUT2D eigenvalue weighted by molar-refractivity contribution is 6.33. The van der Waals surface area contributed by atoms with Crippen molar-refractivity contribution in [2.45, 2.75) is 0 Å². The maximum absolute atomic E-state index is 13.7. The highest BCUT2D eigenvalue weighted by Crippen LogP contribution is 2.27. The van der Waals surface area contributed by atoms with Crippen molar-refractivity contribution in [1.82, 2.24) is 0 Å². The minimum absolute atomic E-state index is 0.0742. The predicted octanol–water partition coefficient (Wildman–Crippen LogP) is 4.94. The van der Waals surface area contributed by atoms with Crippen molar-refractivity contribution in [3.8, 4) is 11.1 Å². The van der Waals surface area contributed by atoms with Gasteiger partial charge in [-0.3, -0.25) is 4.79 Å². The van der Waals surface area contributed by atoms with E-state index in [1.54, 1.807) is 12.1 Å². The second kappa shape index (κ2) is 8.47. The molecule has 136 valence electrons. The Balaban J connectivity index is 1.68. The zero-order chi connectivity index (χ0) is 19.2. The van der Waals surface area contributed by atoms with Crippen molar-refractivity contribution < 1.29 is 18.7 Å². The maximum Gasteiger partial charge on any atom is 0.343 e. The van der Waals surface area contributed by atoms with E-state index in [2.05, 4.69) is 5.32 Å². The van der Waals surface area contributed by atoms with Gasteiger partial charge in [0.05, 0.1) is 5.02 Å². The van der Waals surface area contributed by atoms with Gasteiger partial charge in [-0.05, 0) is 23.8 Å². The molecule has 0 aliphatic heterocycles. The van der Waals surface area contributed by atoms with E-state index in [0.717, 1.165) is 17.2 Å². The van der Waals surface area contributed by atoms with Crippen molar-refractivity contribution >= 4 is 29.2 Å². The lowest BCUT2D eigenvalue weighted by Crippen LogP contribution is -2.21. The molecule has 0 unspecified atom stereocenters. The Morgan fingerprint density at radius 2 is 1.63 bits per heavy atom. The molecule has 27 heavy (non-hydrogen) atoms. The monoisotopic (exact) mass is 383 g/mol. The third kappa shape index (κ3) is 4.51. The molecule has 0 radical (unpaired) electrons. The lowest BCUT2D eigenvalue weighted by Gasteiger charge is -2.12. The normalized spacial score (nSPS) is 10.3. The fraction of sp³-hybridized carbons (Fsp3) is 0.0476. The zero-order valence-electron chi connectivity index (χ0n) is 14.1. The van der Waals surface area contributed by atoms with E-state index < -0.39 is 29.9 Å². The number of amides is 1. The molecule has 3 aromatic carbocycles. The molecule has 1 amide bonds. The van der Waals surface area contributed by atoms with Crippen molar-refractivity contribution in [3.05, 3.63) is 89.2 Å². The van der Waals surface area contributed by atoms with E-state index in [0.29, 0.717) is 5.69 Å². The number of benzene rings is 3. The first-order chi connectivity index (χ1) is 13.1. The minimum atomic E-state index is -0.996. The third-order valence-corrected chi connectivity index (χ3v) is 4.10. The van der Waals surface area contributed by atoms with Gasteiger partial charge >= 0.3 is 5.97 Å². The lowest BCUT2D eigenvalue weighted by atomic mass is 10.0. The quantitative estimate of drug-likeness (QED) is 0.635. The summed E-state index contributed by atoms with van der Waals surface area (Å²) < 4.78 is 18.6. The maximum atomic E-state index is 13.7. The van der Waals surface area contributed by atoms with Gasteiger partial charge in [-0.25, -0.2) is 9.18 Å². The molecule has 0 heterocycles. The first-order valence-corrected chi connectivity index (χ1v) is 8.49. The number of carbonyl (C=O) groups excluding carboxylic acids is 2. The molecule has 0 aromatic heterocycles. The SMILES string of the molecule is O=C(COC(=O)c1c(F)cccc1Cl)Nc1ccccc1-c1ccccc1. The van der Waals surface area contributed by atoms with Crippen molar-refractivity contribution in [3.63, 3.8) is 0 Å². The summed E-state index contributed by atoms with van der Waals surface area (Å²) in [6, 6.07) is 20.6. The first-order valence-electron chi connectivity index (χ1n) is 8.11. The molecule has 0 bridgehead atoms. The van der Waals surface area contributed by atoms with Crippen LogP contribution in [-0.2, 0) is 9.53 Å². The zero-order valence-corrected chi connectivity index (χ0v) is 14.9. The molecular weight excluding hydrogens is 369 g/mol. The third-order valence-electron chi connectivity index (χ3n) is 3.79. The number of rotatable bonds is 5. The highest BCUT2D eigenvalue weighted by atomic mass is 35.5. The van der Waals surface area contributed by atoms with Crippen LogP contribution in [0.3, 0.4) is 0 Å². The molecule has 0 saturated heterocycles. The Hall–Kier alpha value is -3.18. The number of ether oxygens (including phenoxy) is 1. The minimum Gasteiger partial charge on any atom is -0.452 e. The molecular formula is C21H15ClFNO3. The number of nitrogens with one attached hydrogen (secondary N) is 1. The number of anilines is 1. The van der Waals surface area contributed by atoms with E-state index in [4.69, 9.17) is 16.3 Å². The Morgan fingerprint density at radius 3 is 2.37 bits per heavy atom. The fourth-order valence-electron chi connectivity index (χ4n) is 2.54. The largest absolute Gasteiger partial charge is 0.452 e. The summed E-state index contributed by atoms with van der Waals surface area (Å²) in [7, 11) is 0. The van der Waals surface area contributed by atoms with Crippen LogP contribution in [0.1, 0.15) is 10.4 Å². The second-order valence-electron chi connectivity index (χ2n) is 5.63. The molecule has 6 heteroatoms. The van der Waals surface area contributed by atoms with E-state index in [-0.39, 0.29) is 5.02 Å². The smallest absolute Gasteiger partial charge is 0.343 e. The number of hydrogen-bond donors (Lipinski definition) is 1. The summed E-state index contributed by atoms with van der Waals surface area (Å²) in [5, 5.41) is 2.63. The first kappa shape index (κ1) is 18.6. The van der Waals surface area contributed by atoms with Crippen LogP contribution in [0, 0.1) is 5.82 Å². The molecule has 3 aromatic rings. The highest BCUT2D eigenvalue weighted by Gasteiger charge is 2.18. The van der Waals surface area contributed by atoms with Crippen LogP contribution >= 0.6 is 11.6 Å². The topological polar surface area (TPSA) is 55.4 Å². The Labute approximate surface area is 160 Å². The van der Waals surface area contributed by atoms with Crippen LogP contribution in [0.4, 0.5) is 10.1 Å². The summed E-state index contributed by atoms with van der Waals surface area (Å²) in [6.45, 7) is -0.563. The lowest BCUT2D eigenvalue weighted by molar-refractivity contribution is -0.119. The molecule has 0 aliphatic rings. The van der Waals surface area contributed by atoms with Gasteiger partial charge in [-0.2, -0.15) is 0 Å². The van der Waals surface area contributed by atoms with E-state index in [1.165, 1.54) is 12.1 Å². The van der Waals surface area contributed by atoms with Gasteiger partial charge in [0.25, 0.3) is 5.91 Å². The summed E-state index contributed by atoms with van der Waals surface area (Å²) in [5.41, 5.74) is 1.95. The van der Waals surface area contributed by atoms with E-state index in [1.807, 2.05) is 42.5 Å². The van der Waals surface area contributed by atoms with Gasteiger partial charge in [-0.1, -0.05) is 66.2 Å². The van der Waals surface area contributed by atoms with Crippen LogP contribution in [0.25, 0.3) is 11.1 Å². The molecule has 0 aliphatic carbocycles. The standard InChI is InChI=1S/C21H15ClFNO3/c22-16-10-6-11-17(23)20(16)21(26)27-13-19(25)24-18-12-5-4-9-15(18)14-7-2-1-3-8-14/h1-12H,13H2,(H,24,25). The average molecular weight is 384 g/mol. The summed E-state index contributed by atoms with van der Waals surface area (Å²) in [6.07, 6.45) is 0.